The van der Waals surface area contributed by atoms with Crippen LogP contribution >= 0.6 is 34.8 Å². The lowest BCUT2D eigenvalue weighted by Gasteiger charge is -2.10. The van der Waals surface area contributed by atoms with Crippen LogP contribution in [0.4, 0.5) is 0 Å². The monoisotopic (exact) mass is 378 g/mol. The van der Waals surface area contributed by atoms with Gasteiger partial charge in [-0.2, -0.15) is 0 Å². The van der Waals surface area contributed by atoms with Crippen molar-refractivity contribution >= 4 is 40.8 Å². The number of esters is 1. The van der Waals surface area contributed by atoms with Crippen molar-refractivity contribution in [3.05, 3.63) is 12.7 Å². The quantitative estimate of drug-likeness (QED) is 0.199. The van der Waals surface area contributed by atoms with Gasteiger partial charge in [-0.3, -0.25) is 0 Å². The Morgan fingerprint density at radius 3 is 1.64 bits per heavy atom. The second kappa shape index (κ2) is 14.5. The molecule has 9 heteroatoms. The Morgan fingerprint density at radius 2 is 1.23 bits per heavy atom. The van der Waals surface area contributed by atoms with Gasteiger partial charge in [-0.1, -0.05) is 40.9 Å². The molecule has 0 bridgehead atoms. The largest absolute Gasteiger partial charge is 0.460 e. The lowest BCUT2D eigenvalue weighted by molar-refractivity contribution is -0.144. The molecule has 0 aromatic heterocycles. The molecule has 0 unspecified atom stereocenters. The standard InChI is InChI=1S/C13H21Cl3O6/c1-2-3-18-4-5-19-6-7-20-8-9-21-10-11-22-12(17)13(14,15)16/h2H,1,3-11H2. The van der Waals surface area contributed by atoms with Crippen molar-refractivity contribution in [2.24, 2.45) is 0 Å². The number of ether oxygens (including phenoxy) is 5. The zero-order valence-corrected chi connectivity index (χ0v) is 14.5. The molecule has 0 atom stereocenters. The van der Waals surface area contributed by atoms with Gasteiger partial charge in [0.25, 0.3) is 3.79 Å². The smallest absolute Gasteiger partial charge is 0.358 e. The summed E-state index contributed by atoms with van der Waals surface area (Å²) in [6.07, 6.45) is 1.68. The highest BCUT2D eigenvalue weighted by atomic mass is 35.6. The fourth-order valence-corrected chi connectivity index (χ4v) is 1.27. The summed E-state index contributed by atoms with van der Waals surface area (Å²) in [7, 11) is 0. The van der Waals surface area contributed by atoms with Crippen molar-refractivity contribution < 1.29 is 28.5 Å². The van der Waals surface area contributed by atoms with Crippen LogP contribution in [0.2, 0.25) is 0 Å². The summed E-state index contributed by atoms with van der Waals surface area (Å²) >= 11 is 15.9. The van der Waals surface area contributed by atoms with Crippen LogP contribution in [0, 0.1) is 0 Å². The van der Waals surface area contributed by atoms with Crippen LogP contribution < -0.4 is 0 Å². The van der Waals surface area contributed by atoms with Gasteiger partial charge in [-0.25, -0.2) is 4.79 Å². The molecule has 0 aromatic carbocycles. The highest BCUT2D eigenvalue weighted by Gasteiger charge is 2.32. The van der Waals surface area contributed by atoms with E-state index in [1.165, 1.54) is 0 Å². The van der Waals surface area contributed by atoms with Crippen LogP contribution in [0.5, 0.6) is 0 Å². The van der Waals surface area contributed by atoms with Gasteiger partial charge >= 0.3 is 5.97 Å². The van der Waals surface area contributed by atoms with Gasteiger partial charge in [-0.15, -0.1) is 6.58 Å². The van der Waals surface area contributed by atoms with Crippen molar-refractivity contribution in [3.63, 3.8) is 0 Å². The molecule has 22 heavy (non-hydrogen) atoms. The molecule has 0 aliphatic heterocycles. The van der Waals surface area contributed by atoms with E-state index in [4.69, 9.17) is 53.8 Å². The Kier molecular flexibility index (Phi) is 14.5. The molecule has 0 amide bonds. The van der Waals surface area contributed by atoms with Gasteiger partial charge < -0.3 is 23.7 Å². The molecule has 0 saturated heterocycles. The second-order valence-electron chi connectivity index (χ2n) is 3.83. The van der Waals surface area contributed by atoms with E-state index < -0.39 is 9.76 Å². The summed E-state index contributed by atoms with van der Waals surface area (Å²) in [6.45, 7) is 7.05. The molecule has 0 spiro atoms. The number of alkyl halides is 3. The van der Waals surface area contributed by atoms with E-state index in [2.05, 4.69) is 11.3 Å². The predicted molar refractivity (Wildman–Crippen MR) is 84.7 cm³/mol. The molecule has 6 nitrogen and oxygen atoms in total. The number of carbonyl (C=O) groups is 1. The molecule has 0 aliphatic carbocycles. The number of hydrogen-bond donors (Lipinski definition) is 0. The van der Waals surface area contributed by atoms with E-state index in [9.17, 15) is 4.79 Å². The van der Waals surface area contributed by atoms with Crippen LogP contribution in [0.1, 0.15) is 0 Å². The number of halogens is 3. The second-order valence-corrected chi connectivity index (χ2v) is 6.12. The third-order valence-electron chi connectivity index (χ3n) is 2.04. The lowest BCUT2D eigenvalue weighted by Crippen LogP contribution is -2.24. The molecule has 0 N–H and O–H groups in total. The van der Waals surface area contributed by atoms with Gasteiger partial charge in [0.1, 0.15) is 6.61 Å². The molecule has 0 radical (unpaired) electrons. The Balaban J connectivity index is 3.15. The first-order chi connectivity index (χ1) is 10.5. The van der Waals surface area contributed by atoms with E-state index in [-0.39, 0.29) is 13.2 Å². The molecule has 0 fully saturated rings. The SMILES string of the molecule is C=CCOCCOCCOCCOCCOC(=O)C(Cl)(Cl)Cl. The third-order valence-corrected chi connectivity index (χ3v) is 2.51. The summed E-state index contributed by atoms with van der Waals surface area (Å²) in [5.74, 6) is -0.924. The average molecular weight is 380 g/mol. The zero-order valence-electron chi connectivity index (χ0n) is 12.2. The van der Waals surface area contributed by atoms with Crippen LogP contribution in [0.15, 0.2) is 12.7 Å². The van der Waals surface area contributed by atoms with Gasteiger partial charge in [0.15, 0.2) is 0 Å². The fraction of sp³-hybridized carbons (Fsp3) is 0.769. The molecular weight excluding hydrogens is 358 g/mol. The first-order valence-corrected chi connectivity index (χ1v) is 7.77. The van der Waals surface area contributed by atoms with E-state index in [1.54, 1.807) is 6.08 Å². The Morgan fingerprint density at radius 1 is 0.818 bits per heavy atom. The molecule has 0 heterocycles. The van der Waals surface area contributed by atoms with E-state index >= 15 is 0 Å². The third kappa shape index (κ3) is 14.8. The molecule has 0 aliphatic rings. The number of carbonyl (C=O) groups excluding carboxylic acids is 1. The summed E-state index contributed by atoms with van der Waals surface area (Å²) in [6, 6.07) is 0. The van der Waals surface area contributed by atoms with Gasteiger partial charge in [0.2, 0.25) is 0 Å². The number of rotatable bonds is 14. The van der Waals surface area contributed by atoms with E-state index in [0.29, 0.717) is 46.2 Å². The maximum Gasteiger partial charge on any atom is 0.358 e. The summed E-state index contributed by atoms with van der Waals surface area (Å²) in [4.78, 5) is 11.1. The van der Waals surface area contributed by atoms with Crippen LogP contribution in [-0.4, -0.2) is 69.2 Å². The summed E-state index contributed by atoms with van der Waals surface area (Å²) in [5.41, 5.74) is 0. The maximum atomic E-state index is 11.1. The first-order valence-electron chi connectivity index (χ1n) is 6.64. The van der Waals surface area contributed by atoms with Crippen LogP contribution in [-0.2, 0) is 28.5 Å². The molecule has 0 aromatic rings. The molecule has 0 rings (SSSR count). The molecule has 130 valence electrons. The Bertz CT molecular complexity index is 296. The van der Waals surface area contributed by atoms with Crippen molar-refractivity contribution in [2.75, 3.05) is 59.5 Å². The van der Waals surface area contributed by atoms with Gasteiger partial charge in [-0.05, 0) is 0 Å². The first kappa shape index (κ1) is 21.9. The lowest BCUT2D eigenvalue weighted by atomic mass is 10.6. The minimum Gasteiger partial charge on any atom is -0.460 e. The predicted octanol–water partition coefficient (Wildman–Crippen LogP) is 2.15. The molecule has 0 saturated carbocycles. The van der Waals surface area contributed by atoms with E-state index in [1.807, 2.05) is 0 Å². The van der Waals surface area contributed by atoms with Gasteiger partial charge in [0.05, 0.1) is 52.9 Å². The topological polar surface area (TPSA) is 63.2 Å². The van der Waals surface area contributed by atoms with Crippen LogP contribution in [0.25, 0.3) is 0 Å². The van der Waals surface area contributed by atoms with Crippen molar-refractivity contribution in [3.8, 4) is 0 Å². The van der Waals surface area contributed by atoms with Crippen LogP contribution in [0.3, 0.4) is 0 Å². The average Bonchev–Trinajstić information content (AvgIpc) is 2.46. The highest BCUT2D eigenvalue weighted by molar-refractivity contribution is 6.75. The zero-order chi connectivity index (χ0) is 16.7. The Hall–Kier alpha value is -0.0800. The molecular formula is C13H21Cl3O6. The van der Waals surface area contributed by atoms with Crippen molar-refractivity contribution in [1.82, 2.24) is 0 Å². The summed E-state index contributed by atoms with van der Waals surface area (Å²) < 4.78 is 23.4. The van der Waals surface area contributed by atoms with E-state index in [0.717, 1.165) is 0 Å². The minimum atomic E-state index is -2.06. The Labute approximate surface area is 145 Å². The van der Waals surface area contributed by atoms with Crippen molar-refractivity contribution in [1.29, 1.82) is 0 Å². The normalized spacial score (nSPS) is 11.4. The maximum absolute atomic E-state index is 11.1. The van der Waals surface area contributed by atoms with Gasteiger partial charge in [0, 0.05) is 0 Å². The highest BCUT2D eigenvalue weighted by Crippen LogP contribution is 2.27. The number of hydrogen-bond acceptors (Lipinski definition) is 6. The fourth-order valence-electron chi connectivity index (χ4n) is 1.10. The minimum absolute atomic E-state index is 0.0144. The summed E-state index contributed by atoms with van der Waals surface area (Å²) in [5, 5.41) is 0. The van der Waals surface area contributed by atoms with Crippen molar-refractivity contribution in [2.45, 2.75) is 3.79 Å².